The molecule has 1 aromatic heterocycles. The number of benzene rings is 2. The van der Waals surface area contributed by atoms with Crippen molar-refractivity contribution >= 4 is 39.9 Å². The average Bonchev–Trinajstić information content (AvgIpc) is 2.68. The summed E-state index contributed by atoms with van der Waals surface area (Å²) in [5.41, 5.74) is 0.473. The maximum absolute atomic E-state index is 12.7. The number of piperidine rings is 1. The molecule has 2 aromatic carbocycles. The SMILES string of the molecule is O=C(c1ccc(Cl)cc1Cl)N1CCC(Oc2nncc3ccccc23)CC1. The van der Waals surface area contributed by atoms with Crippen LogP contribution >= 0.6 is 23.2 Å². The predicted molar refractivity (Wildman–Crippen MR) is 106 cm³/mol. The first-order valence-electron chi connectivity index (χ1n) is 8.73. The normalized spacial score (nSPS) is 15.1. The fraction of sp³-hybridized carbons (Fsp3) is 0.250. The first kappa shape index (κ1) is 18.0. The van der Waals surface area contributed by atoms with Crippen molar-refractivity contribution in [3.05, 3.63) is 64.3 Å². The van der Waals surface area contributed by atoms with Crippen LogP contribution in [0.2, 0.25) is 10.0 Å². The number of carbonyl (C=O) groups excluding carboxylic acids is 1. The standard InChI is InChI=1S/C20H17Cl2N3O2/c21-14-5-6-17(18(22)11-14)20(26)25-9-7-15(8-10-25)27-19-16-4-2-1-3-13(16)12-23-24-19/h1-6,11-12,15H,7-10H2. The highest BCUT2D eigenvalue weighted by Gasteiger charge is 2.26. The topological polar surface area (TPSA) is 55.3 Å². The summed E-state index contributed by atoms with van der Waals surface area (Å²) in [6.45, 7) is 1.20. The number of hydrogen-bond donors (Lipinski definition) is 0. The summed E-state index contributed by atoms with van der Waals surface area (Å²) in [5, 5.41) is 11.0. The van der Waals surface area contributed by atoms with Crippen LogP contribution in [0.3, 0.4) is 0 Å². The molecule has 27 heavy (non-hydrogen) atoms. The van der Waals surface area contributed by atoms with Crippen LogP contribution in [0, 0.1) is 0 Å². The van der Waals surface area contributed by atoms with Crippen molar-refractivity contribution in [3.8, 4) is 5.88 Å². The van der Waals surface area contributed by atoms with Crippen molar-refractivity contribution in [3.63, 3.8) is 0 Å². The van der Waals surface area contributed by atoms with Crippen LogP contribution in [-0.2, 0) is 0 Å². The molecule has 0 atom stereocenters. The summed E-state index contributed by atoms with van der Waals surface area (Å²) in [5.74, 6) is 0.457. The number of aromatic nitrogens is 2. The van der Waals surface area contributed by atoms with Crippen LogP contribution in [0.15, 0.2) is 48.7 Å². The molecule has 2 heterocycles. The number of halogens is 2. The molecule has 138 valence electrons. The molecule has 0 bridgehead atoms. The molecule has 3 aromatic rings. The Bertz CT molecular complexity index is 983. The molecule has 1 fully saturated rings. The molecule has 1 saturated heterocycles. The number of amides is 1. The number of nitrogens with zero attached hydrogens (tertiary/aromatic N) is 3. The van der Waals surface area contributed by atoms with E-state index < -0.39 is 0 Å². The summed E-state index contributed by atoms with van der Waals surface area (Å²) < 4.78 is 6.09. The average molecular weight is 402 g/mol. The van der Waals surface area contributed by atoms with Crippen molar-refractivity contribution in [2.45, 2.75) is 18.9 Å². The van der Waals surface area contributed by atoms with Gasteiger partial charge in [-0.15, -0.1) is 5.10 Å². The summed E-state index contributed by atoms with van der Waals surface area (Å²) in [6.07, 6.45) is 3.16. The van der Waals surface area contributed by atoms with Crippen molar-refractivity contribution < 1.29 is 9.53 Å². The molecule has 4 rings (SSSR count). The van der Waals surface area contributed by atoms with Gasteiger partial charge in [0, 0.05) is 41.7 Å². The molecule has 0 aliphatic carbocycles. The van der Waals surface area contributed by atoms with Crippen LogP contribution in [-0.4, -0.2) is 40.2 Å². The smallest absolute Gasteiger partial charge is 0.255 e. The number of ether oxygens (including phenoxy) is 1. The van der Waals surface area contributed by atoms with E-state index in [1.54, 1.807) is 29.3 Å². The molecular formula is C20H17Cl2N3O2. The second-order valence-electron chi connectivity index (χ2n) is 6.47. The number of carbonyl (C=O) groups is 1. The summed E-state index contributed by atoms with van der Waals surface area (Å²) in [4.78, 5) is 14.5. The van der Waals surface area contributed by atoms with Gasteiger partial charge in [0.15, 0.2) is 0 Å². The zero-order valence-electron chi connectivity index (χ0n) is 14.4. The van der Waals surface area contributed by atoms with Gasteiger partial charge >= 0.3 is 0 Å². The Morgan fingerprint density at radius 3 is 2.67 bits per heavy atom. The van der Waals surface area contributed by atoms with Gasteiger partial charge in [-0.25, -0.2) is 0 Å². The molecule has 1 aliphatic heterocycles. The third kappa shape index (κ3) is 3.84. The quantitative estimate of drug-likeness (QED) is 0.642. The van der Waals surface area contributed by atoms with Gasteiger partial charge < -0.3 is 9.64 Å². The Hall–Kier alpha value is -2.37. The van der Waals surface area contributed by atoms with E-state index in [0.29, 0.717) is 34.6 Å². The summed E-state index contributed by atoms with van der Waals surface area (Å²) >= 11 is 12.1. The minimum absolute atomic E-state index is 0.00477. The van der Waals surface area contributed by atoms with E-state index in [4.69, 9.17) is 27.9 Å². The fourth-order valence-electron chi connectivity index (χ4n) is 3.26. The van der Waals surface area contributed by atoms with E-state index in [0.717, 1.165) is 23.6 Å². The molecule has 0 spiro atoms. The van der Waals surface area contributed by atoms with Crippen LogP contribution in [0.4, 0.5) is 0 Å². The Morgan fingerprint density at radius 1 is 1.11 bits per heavy atom. The number of hydrogen-bond acceptors (Lipinski definition) is 4. The lowest BCUT2D eigenvalue weighted by Gasteiger charge is -2.32. The van der Waals surface area contributed by atoms with Gasteiger partial charge in [-0.2, -0.15) is 5.10 Å². The van der Waals surface area contributed by atoms with Crippen molar-refractivity contribution in [1.29, 1.82) is 0 Å². The van der Waals surface area contributed by atoms with Crippen LogP contribution < -0.4 is 4.74 Å². The molecule has 0 unspecified atom stereocenters. The van der Waals surface area contributed by atoms with Crippen molar-refractivity contribution in [2.75, 3.05) is 13.1 Å². The van der Waals surface area contributed by atoms with Crippen LogP contribution in [0.25, 0.3) is 10.8 Å². The lowest BCUT2D eigenvalue weighted by molar-refractivity contribution is 0.0589. The van der Waals surface area contributed by atoms with Gasteiger partial charge in [0.05, 0.1) is 16.8 Å². The minimum atomic E-state index is -0.0833. The highest BCUT2D eigenvalue weighted by atomic mass is 35.5. The van der Waals surface area contributed by atoms with Gasteiger partial charge in [-0.1, -0.05) is 41.4 Å². The van der Waals surface area contributed by atoms with Gasteiger partial charge in [-0.3, -0.25) is 4.79 Å². The number of likely N-dealkylation sites (tertiary alicyclic amines) is 1. The Kier molecular flexibility index (Phi) is 5.14. The van der Waals surface area contributed by atoms with Crippen molar-refractivity contribution in [2.24, 2.45) is 0 Å². The number of fused-ring (bicyclic) bond motifs is 1. The Labute approximate surface area is 166 Å². The zero-order valence-corrected chi connectivity index (χ0v) is 16.0. The monoisotopic (exact) mass is 401 g/mol. The summed E-state index contributed by atoms with van der Waals surface area (Å²) in [7, 11) is 0. The highest BCUT2D eigenvalue weighted by molar-refractivity contribution is 6.36. The second-order valence-corrected chi connectivity index (χ2v) is 7.31. The van der Waals surface area contributed by atoms with Crippen LogP contribution in [0.5, 0.6) is 5.88 Å². The van der Waals surface area contributed by atoms with E-state index in [2.05, 4.69) is 10.2 Å². The first-order chi connectivity index (χ1) is 13.1. The lowest BCUT2D eigenvalue weighted by Crippen LogP contribution is -2.42. The maximum atomic E-state index is 12.7. The van der Waals surface area contributed by atoms with E-state index in [9.17, 15) is 4.79 Å². The molecule has 0 saturated carbocycles. The third-order valence-corrected chi connectivity index (χ3v) is 5.25. The Balaban J connectivity index is 1.42. The van der Waals surface area contributed by atoms with Gasteiger partial charge in [0.2, 0.25) is 5.88 Å². The van der Waals surface area contributed by atoms with E-state index >= 15 is 0 Å². The highest BCUT2D eigenvalue weighted by Crippen LogP contribution is 2.27. The molecule has 1 amide bonds. The molecule has 0 N–H and O–H groups in total. The molecule has 0 radical (unpaired) electrons. The summed E-state index contributed by atoms with van der Waals surface area (Å²) in [6, 6.07) is 12.8. The minimum Gasteiger partial charge on any atom is -0.473 e. The molecule has 1 aliphatic rings. The number of rotatable bonds is 3. The fourth-order valence-corrected chi connectivity index (χ4v) is 3.75. The maximum Gasteiger partial charge on any atom is 0.255 e. The van der Waals surface area contributed by atoms with Crippen molar-refractivity contribution in [1.82, 2.24) is 15.1 Å². The Morgan fingerprint density at radius 2 is 1.89 bits per heavy atom. The molecular weight excluding hydrogens is 385 g/mol. The zero-order chi connectivity index (χ0) is 18.8. The van der Waals surface area contributed by atoms with E-state index in [1.807, 2.05) is 24.3 Å². The predicted octanol–water partition coefficient (Wildman–Crippen LogP) is 4.62. The second kappa shape index (κ2) is 7.71. The molecule has 7 heteroatoms. The first-order valence-corrected chi connectivity index (χ1v) is 9.49. The van der Waals surface area contributed by atoms with Crippen LogP contribution in [0.1, 0.15) is 23.2 Å². The lowest BCUT2D eigenvalue weighted by atomic mass is 10.1. The van der Waals surface area contributed by atoms with E-state index in [1.165, 1.54) is 0 Å². The largest absolute Gasteiger partial charge is 0.473 e. The van der Waals surface area contributed by atoms with Gasteiger partial charge in [-0.05, 0) is 24.3 Å². The molecule has 5 nitrogen and oxygen atoms in total. The third-order valence-electron chi connectivity index (χ3n) is 4.71. The van der Waals surface area contributed by atoms with Gasteiger partial charge in [0.25, 0.3) is 5.91 Å². The van der Waals surface area contributed by atoms with Gasteiger partial charge in [0.1, 0.15) is 6.10 Å². The van der Waals surface area contributed by atoms with E-state index in [-0.39, 0.29) is 12.0 Å².